The molecule has 0 spiro atoms. The zero-order valence-electron chi connectivity index (χ0n) is 22.5. The van der Waals surface area contributed by atoms with Gasteiger partial charge in [0.2, 0.25) is 10.0 Å². The number of hydrogen-bond donors (Lipinski definition) is 1. The average Bonchev–Trinajstić information content (AvgIpc) is 2.87. The second-order valence-electron chi connectivity index (χ2n) is 8.94. The van der Waals surface area contributed by atoms with Crippen LogP contribution < -0.4 is 14.9 Å². The summed E-state index contributed by atoms with van der Waals surface area (Å²) >= 11 is 0. The molecule has 1 amide bonds. The van der Waals surface area contributed by atoms with E-state index in [1.807, 2.05) is 56.3 Å². The molecule has 0 aliphatic heterocycles. The van der Waals surface area contributed by atoms with Crippen LogP contribution in [-0.2, 0) is 21.2 Å². The number of amides is 1. The van der Waals surface area contributed by atoms with Gasteiger partial charge >= 0.3 is 0 Å². The van der Waals surface area contributed by atoms with Gasteiger partial charge in [-0.2, -0.15) is 9.41 Å². The van der Waals surface area contributed by atoms with E-state index in [4.69, 9.17) is 9.47 Å². The second kappa shape index (κ2) is 13.2. The number of benzene rings is 3. The van der Waals surface area contributed by atoms with Crippen LogP contribution in [0.1, 0.15) is 34.7 Å². The summed E-state index contributed by atoms with van der Waals surface area (Å²) in [4.78, 5) is 13.1. The van der Waals surface area contributed by atoms with Crippen LogP contribution in [0.25, 0.3) is 0 Å². The van der Waals surface area contributed by atoms with Gasteiger partial charge in [-0.25, -0.2) is 13.8 Å². The number of hydrogen-bond acceptors (Lipinski definition) is 6. The van der Waals surface area contributed by atoms with E-state index in [1.165, 1.54) is 10.5 Å². The fourth-order valence-electron chi connectivity index (χ4n) is 4.30. The first-order valence-electron chi connectivity index (χ1n) is 12.4. The van der Waals surface area contributed by atoms with E-state index in [-0.39, 0.29) is 18.0 Å². The molecule has 3 aromatic rings. The molecule has 0 unspecified atom stereocenters. The molecule has 3 rings (SSSR count). The first kappa shape index (κ1) is 28.9. The summed E-state index contributed by atoms with van der Waals surface area (Å²) in [6.45, 7) is 7.64. The molecule has 1 N–H and O–H groups in total. The fourth-order valence-corrected chi connectivity index (χ4v) is 6.11. The summed E-state index contributed by atoms with van der Waals surface area (Å²) in [6, 6.07) is 18.5. The number of nitrogens with zero attached hydrogens (tertiary/aromatic N) is 2. The standard InChI is InChI=1S/C29H35N3O5S/c1-6-37-26-13-12-25(18-27(26)36-5)19-30-31-28(33)20-32(15-14-24-10-8-7-9-11-24)38(34,35)29-22(3)16-21(2)17-23(29)4/h7-13,16-19H,6,14-15,20H2,1-5H3,(H,31,33)/b30-19+. The number of carbonyl (C=O) groups excluding carboxylic acids is 1. The maximum Gasteiger partial charge on any atom is 0.255 e. The Hall–Kier alpha value is -3.69. The summed E-state index contributed by atoms with van der Waals surface area (Å²) < 4.78 is 39.6. The molecule has 0 aliphatic rings. The van der Waals surface area contributed by atoms with Crippen molar-refractivity contribution >= 4 is 22.1 Å². The molecule has 8 nitrogen and oxygen atoms in total. The molecular formula is C29H35N3O5S. The molecule has 0 atom stereocenters. The van der Waals surface area contributed by atoms with Crippen LogP contribution in [0.2, 0.25) is 0 Å². The van der Waals surface area contributed by atoms with E-state index < -0.39 is 15.9 Å². The minimum atomic E-state index is -3.95. The topological polar surface area (TPSA) is 97.3 Å². The van der Waals surface area contributed by atoms with Crippen molar-refractivity contribution < 1.29 is 22.7 Å². The van der Waals surface area contributed by atoms with Crippen molar-refractivity contribution in [3.63, 3.8) is 0 Å². The number of methoxy groups -OCH3 is 1. The van der Waals surface area contributed by atoms with Gasteiger partial charge in [0.1, 0.15) is 0 Å². The van der Waals surface area contributed by atoms with Crippen LogP contribution in [0.5, 0.6) is 11.5 Å². The highest BCUT2D eigenvalue weighted by Gasteiger charge is 2.29. The van der Waals surface area contributed by atoms with Gasteiger partial charge < -0.3 is 9.47 Å². The van der Waals surface area contributed by atoms with Crippen molar-refractivity contribution in [2.75, 3.05) is 26.8 Å². The average molecular weight is 538 g/mol. The lowest BCUT2D eigenvalue weighted by Crippen LogP contribution is -2.41. The predicted molar refractivity (Wildman–Crippen MR) is 149 cm³/mol. The zero-order chi connectivity index (χ0) is 27.7. The van der Waals surface area contributed by atoms with Crippen molar-refractivity contribution in [3.05, 3.63) is 88.5 Å². The number of rotatable bonds is 12. The lowest BCUT2D eigenvalue weighted by Gasteiger charge is -2.24. The molecule has 0 aromatic heterocycles. The number of carbonyl (C=O) groups is 1. The number of aryl methyl sites for hydroxylation is 3. The van der Waals surface area contributed by atoms with E-state index in [2.05, 4.69) is 10.5 Å². The summed E-state index contributed by atoms with van der Waals surface area (Å²) in [6.07, 6.45) is 1.93. The first-order valence-corrected chi connectivity index (χ1v) is 13.8. The van der Waals surface area contributed by atoms with Crippen LogP contribution in [0.15, 0.2) is 70.7 Å². The van der Waals surface area contributed by atoms with Gasteiger partial charge in [0.05, 0.1) is 31.4 Å². The van der Waals surface area contributed by atoms with Gasteiger partial charge in [-0.1, -0.05) is 48.0 Å². The van der Waals surface area contributed by atoms with Crippen LogP contribution in [-0.4, -0.2) is 51.7 Å². The Balaban J connectivity index is 1.79. The summed E-state index contributed by atoms with van der Waals surface area (Å²) in [5.41, 5.74) is 6.39. The molecule has 0 saturated heterocycles. The minimum Gasteiger partial charge on any atom is -0.493 e. The summed E-state index contributed by atoms with van der Waals surface area (Å²) in [5, 5.41) is 4.02. The number of ether oxygens (including phenoxy) is 2. The molecule has 38 heavy (non-hydrogen) atoms. The van der Waals surface area contributed by atoms with Crippen molar-refractivity contribution in [1.82, 2.24) is 9.73 Å². The molecule has 3 aromatic carbocycles. The molecule has 0 fully saturated rings. The third kappa shape index (κ3) is 7.43. The fraction of sp³-hybridized carbons (Fsp3) is 0.310. The third-order valence-electron chi connectivity index (χ3n) is 5.91. The van der Waals surface area contributed by atoms with Crippen LogP contribution >= 0.6 is 0 Å². The molecular weight excluding hydrogens is 502 g/mol. The molecule has 202 valence electrons. The monoisotopic (exact) mass is 537 g/mol. The largest absolute Gasteiger partial charge is 0.493 e. The quantitative estimate of drug-likeness (QED) is 0.273. The minimum absolute atomic E-state index is 0.145. The smallest absolute Gasteiger partial charge is 0.255 e. The van der Waals surface area contributed by atoms with Crippen LogP contribution in [0, 0.1) is 20.8 Å². The highest BCUT2D eigenvalue weighted by Crippen LogP contribution is 2.28. The molecule has 0 radical (unpaired) electrons. The van der Waals surface area contributed by atoms with Crippen molar-refractivity contribution in [2.45, 2.75) is 39.0 Å². The summed E-state index contributed by atoms with van der Waals surface area (Å²) in [5.74, 6) is 0.611. The Bertz CT molecular complexity index is 1370. The van der Waals surface area contributed by atoms with Gasteiger partial charge in [-0.15, -0.1) is 0 Å². The highest BCUT2D eigenvalue weighted by molar-refractivity contribution is 7.89. The second-order valence-corrected chi connectivity index (χ2v) is 10.8. The van der Waals surface area contributed by atoms with Crippen molar-refractivity contribution in [3.8, 4) is 11.5 Å². The van der Waals surface area contributed by atoms with Gasteiger partial charge in [-0.05, 0) is 74.6 Å². The molecule has 0 bridgehead atoms. The molecule has 0 heterocycles. The number of nitrogens with one attached hydrogen (secondary N) is 1. The van der Waals surface area contributed by atoms with Crippen molar-refractivity contribution in [1.29, 1.82) is 0 Å². The van der Waals surface area contributed by atoms with E-state index in [9.17, 15) is 13.2 Å². The van der Waals surface area contributed by atoms with Gasteiger partial charge in [0, 0.05) is 6.54 Å². The molecule has 9 heteroatoms. The van der Waals surface area contributed by atoms with Gasteiger partial charge in [0.15, 0.2) is 11.5 Å². The van der Waals surface area contributed by atoms with Crippen LogP contribution in [0.3, 0.4) is 0 Å². The zero-order valence-corrected chi connectivity index (χ0v) is 23.3. The Morgan fingerprint density at radius 2 is 1.68 bits per heavy atom. The predicted octanol–water partition coefficient (Wildman–Crippen LogP) is 4.40. The third-order valence-corrected chi connectivity index (χ3v) is 8.06. The Kier molecular flexibility index (Phi) is 10.0. The van der Waals surface area contributed by atoms with E-state index in [1.54, 1.807) is 39.2 Å². The van der Waals surface area contributed by atoms with E-state index >= 15 is 0 Å². The Morgan fingerprint density at radius 3 is 2.32 bits per heavy atom. The normalized spacial score (nSPS) is 11.6. The lowest BCUT2D eigenvalue weighted by molar-refractivity contribution is -0.121. The van der Waals surface area contributed by atoms with Gasteiger partial charge in [0.25, 0.3) is 5.91 Å². The van der Waals surface area contributed by atoms with E-state index in [0.29, 0.717) is 41.2 Å². The maximum absolute atomic E-state index is 13.8. The number of hydrazone groups is 1. The lowest BCUT2D eigenvalue weighted by atomic mass is 10.1. The Morgan fingerprint density at radius 1 is 1.00 bits per heavy atom. The Labute approximate surface area is 225 Å². The van der Waals surface area contributed by atoms with Gasteiger partial charge in [-0.3, -0.25) is 4.79 Å². The van der Waals surface area contributed by atoms with Crippen molar-refractivity contribution in [2.24, 2.45) is 5.10 Å². The number of sulfonamides is 1. The van der Waals surface area contributed by atoms with Crippen LogP contribution in [0.4, 0.5) is 0 Å². The first-order chi connectivity index (χ1) is 18.1. The SMILES string of the molecule is CCOc1ccc(/C=N/NC(=O)CN(CCc2ccccc2)S(=O)(=O)c2c(C)cc(C)cc2C)cc1OC. The van der Waals surface area contributed by atoms with E-state index in [0.717, 1.165) is 11.1 Å². The molecule has 0 aliphatic carbocycles. The highest BCUT2D eigenvalue weighted by atomic mass is 32.2. The summed E-state index contributed by atoms with van der Waals surface area (Å²) in [7, 11) is -2.41. The maximum atomic E-state index is 13.8. The molecule has 0 saturated carbocycles.